The number of ether oxygens (including phenoxy) is 5. The van der Waals surface area contributed by atoms with Crippen LogP contribution in [0.5, 0.6) is 0 Å². The van der Waals surface area contributed by atoms with Crippen molar-refractivity contribution in [2.75, 3.05) is 19.7 Å². The third-order valence-corrected chi connectivity index (χ3v) is 7.16. The van der Waals surface area contributed by atoms with Crippen LogP contribution in [0.1, 0.15) is 105 Å². The smallest absolute Gasteiger partial charge is 0.190 e. The summed E-state index contributed by atoms with van der Waals surface area (Å²) in [7, 11) is 0. The molecule has 0 aromatic rings. The van der Waals surface area contributed by atoms with Crippen LogP contribution in [0.15, 0.2) is 0 Å². The Morgan fingerprint density at radius 3 is 2.25 bits per heavy atom. The summed E-state index contributed by atoms with van der Waals surface area (Å²) in [4.78, 5) is 2.54. The normalized spacial score (nSPS) is 32.2. The Labute approximate surface area is 196 Å². The first-order chi connectivity index (χ1) is 15.4. The first-order valence-electron chi connectivity index (χ1n) is 13.5. The van der Waals surface area contributed by atoms with Gasteiger partial charge in [0.25, 0.3) is 0 Å². The fourth-order valence-electron chi connectivity index (χ4n) is 5.30. The number of likely N-dealkylation sites (tertiary alicyclic amines) is 1. The van der Waals surface area contributed by atoms with Crippen molar-refractivity contribution in [2.24, 2.45) is 0 Å². The van der Waals surface area contributed by atoms with E-state index in [0.29, 0.717) is 0 Å². The first kappa shape index (κ1) is 26.4. The van der Waals surface area contributed by atoms with Gasteiger partial charge in [-0.3, -0.25) is 4.90 Å². The highest BCUT2D eigenvalue weighted by Crippen LogP contribution is 2.41. The minimum Gasteiger partial charge on any atom is -0.353 e. The molecule has 6 nitrogen and oxygen atoms in total. The molecule has 0 aromatic carbocycles. The number of piperidine rings is 1. The maximum absolute atomic E-state index is 6.46. The highest BCUT2D eigenvalue weighted by molar-refractivity contribution is 4.99. The lowest BCUT2D eigenvalue weighted by Gasteiger charge is -2.37. The molecule has 32 heavy (non-hydrogen) atoms. The van der Waals surface area contributed by atoms with Crippen molar-refractivity contribution in [1.82, 2.24) is 4.90 Å². The summed E-state index contributed by atoms with van der Waals surface area (Å²) in [5.74, 6) is -0.610. The largest absolute Gasteiger partial charge is 0.353 e. The fraction of sp³-hybridized carbons (Fsp3) is 1.00. The Kier molecular flexibility index (Phi) is 10.7. The molecule has 3 rings (SSSR count). The van der Waals surface area contributed by atoms with E-state index < -0.39 is 12.1 Å². The van der Waals surface area contributed by atoms with Gasteiger partial charge >= 0.3 is 0 Å². The van der Waals surface area contributed by atoms with Crippen molar-refractivity contribution in [2.45, 2.75) is 148 Å². The van der Waals surface area contributed by atoms with Crippen molar-refractivity contribution in [3.8, 4) is 0 Å². The van der Waals surface area contributed by atoms with Gasteiger partial charge in [0, 0.05) is 12.6 Å². The fourth-order valence-corrected chi connectivity index (χ4v) is 5.30. The maximum Gasteiger partial charge on any atom is 0.190 e. The molecule has 0 bridgehead atoms. The second-order valence-corrected chi connectivity index (χ2v) is 10.3. The molecule has 0 radical (unpaired) electrons. The maximum atomic E-state index is 6.46. The van der Waals surface area contributed by atoms with Crippen molar-refractivity contribution in [3.63, 3.8) is 0 Å². The van der Waals surface area contributed by atoms with Crippen molar-refractivity contribution in [3.05, 3.63) is 0 Å². The van der Waals surface area contributed by atoms with Gasteiger partial charge in [0.05, 0.1) is 0 Å². The molecule has 3 aliphatic rings. The number of nitrogens with zero attached hydrogens (tertiary/aromatic N) is 1. The topological polar surface area (TPSA) is 49.4 Å². The van der Waals surface area contributed by atoms with Crippen LogP contribution in [-0.4, -0.2) is 67.3 Å². The van der Waals surface area contributed by atoms with Crippen molar-refractivity contribution < 1.29 is 23.7 Å². The lowest BCUT2D eigenvalue weighted by atomic mass is 10.0. The second-order valence-electron chi connectivity index (χ2n) is 10.3. The summed E-state index contributed by atoms with van der Waals surface area (Å²) < 4.78 is 31.4. The molecule has 0 spiro atoms. The van der Waals surface area contributed by atoms with E-state index >= 15 is 0 Å². The lowest BCUT2D eigenvalue weighted by Crippen LogP contribution is -2.49. The number of rotatable bonds is 14. The Bertz CT molecular complexity index is 524. The van der Waals surface area contributed by atoms with Crippen LogP contribution in [0.2, 0.25) is 0 Å². The lowest BCUT2D eigenvalue weighted by molar-refractivity contribution is -0.285. The van der Waals surface area contributed by atoms with Crippen LogP contribution >= 0.6 is 0 Å². The Hall–Kier alpha value is -0.240. The van der Waals surface area contributed by atoms with Gasteiger partial charge in [-0.05, 0) is 59.5 Å². The van der Waals surface area contributed by atoms with E-state index in [1.54, 1.807) is 0 Å². The monoisotopic (exact) mass is 455 g/mol. The van der Waals surface area contributed by atoms with Crippen LogP contribution in [0.25, 0.3) is 0 Å². The SMILES string of the molecule is CCCCCCCCCOC(CC)O[C@H]1O[C@H]([C@H](C)N2CCCCC2)[C@@H]2OC(C)(C)O[C@H]12. The predicted octanol–water partition coefficient (Wildman–Crippen LogP) is 5.63. The van der Waals surface area contributed by atoms with Gasteiger partial charge in [0.1, 0.15) is 18.3 Å². The summed E-state index contributed by atoms with van der Waals surface area (Å²) >= 11 is 0. The standard InChI is InChI=1S/C26H49NO5/c1-6-8-9-10-11-12-16-19-28-21(7-2)29-25-24-23(31-26(4,5)32-24)22(30-25)20(3)27-17-14-13-15-18-27/h20-25H,6-19H2,1-5H3/t20-,21?,22+,23-,24-,25-/m0/s1. The van der Waals surface area contributed by atoms with E-state index in [1.807, 2.05) is 13.8 Å². The average molecular weight is 456 g/mol. The Morgan fingerprint density at radius 2 is 1.56 bits per heavy atom. The molecule has 3 heterocycles. The molecule has 0 amide bonds. The first-order valence-corrected chi connectivity index (χ1v) is 13.5. The quantitative estimate of drug-likeness (QED) is 0.250. The van der Waals surface area contributed by atoms with Crippen LogP contribution in [0.3, 0.4) is 0 Å². The van der Waals surface area contributed by atoms with Gasteiger partial charge in [-0.2, -0.15) is 0 Å². The number of fused-ring (bicyclic) bond motifs is 1. The summed E-state index contributed by atoms with van der Waals surface area (Å²) in [5.41, 5.74) is 0. The summed E-state index contributed by atoms with van der Waals surface area (Å²) in [5, 5.41) is 0. The summed E-state index contributed by atoms with van der Waals surface area (Å²) in [6, 6.07) is 0.280. The van der Waals surface area contributed by atoms with E-state index in [0.717, 1.165) is 32.5 Å². The molecule has 0 saturated carbocycles. The zero-order valence-electron chi connectivity index (χ0n) is 21.4. The van der Waals surface area contributed by atoms with Crippen LogP contribution in [0.4, 0.5) is 0 Å². The van der Waals surface area contributed by atoms with Gasteiger partial charge < -0.3 is 23.7 Å². The molecular weight excluding hydrogens is 406 g/mol. The predicted molar refractivity (Wildman–Crippen MR) is 126 cm³/mol. The molecule has 0 aliphatic carbocycles. The van der Waals surface area contributed by atoms with Crippen LogP contribution in [-0.2, 0) is 23.7 Å². The molecule has 3 saturated heterocycles. The Morgan fingerprint density at radius 1 is 0.906 bits per heavy atom. The van der Waals surface area contributed by atoms with E-state index in [-0.39, 0.29) is 30.6 Å². The van der Waals surface area contributed by atoms with Crippen molar-refractivity contribution in [1.29, 1.82) is 0 Å². The van der Waals surface area contributed by atoms with E-state index in [9.17, 15) is 0 Å². The zero-order chi connectivity index (χ0) is 23.0. The highest BCUT2D eigenvalue weighted by atomic mass is 16.8. The zero-order valence-corrected chi connectivity index (χ0v) is 21.4. The highest BCUT2D eigenvalue weighted by Gasteiger charge is 2.58. The molecule has 3 fully saturated rings. The summed E-state index contributed by atoms with van der Waals surface area (Å²) in [6.45, 7) is 13.6. The third kappa shape index (κ3) is 7.38. The molecular formula is C26H49NO5. The molecule has 1 unspecified atom stereocenters. The van der Waals surface area contributed by atoms with Gasteiger partial charge in [-0.1, -0.05) is 58.8 Å². The van der Waals surface area contributed by atoms with Crippen LogP contribution < -0.4 is 0 Å². The molecule has 6 atom stereocenters. The second kappa shape index (κ2) is 13.0. The van der Waals surface area contributed by atoms with Gasteiger partial charge in [-0.15, -0.1) is 0 Å². The number of hydrogen-bond donors (Lipinski definition) is 0. The van der Waals surface area contributed by atoms with Gasteiger partial charge in [0.2, 0.25) is 0 Å². The van der Waals surface area contributed by atoms with E-state index in [1.165, 1.54) is 57.8 Å². The molecule has 6 heteroatoms. The van der Waals surface area contributed by atoms with Crippen LogP contribution in [0, 0.1) is 0 Å². The molecule has 0 aromatic heterocycles. The molecule has 188 valence electrons. The average Bonchev–Trinajstić information content (AvgIpc) is 3.28. The van der Waals surface area contributed by atoms with Gasteiger partial charge in [-0.25, -0.2) is 0 Å². The van der Waals surface area contributed by atoms with Crippen molar-refractivity contribution >= 4 is 0 Å². The third-order valence-electron chi connectivity index (χ3n) is 7.16. The van der Waals surface area contributed by atoms with E-state index in [4.69, 9.17) is 23.7 Å². The van der Waals surface area contributed by atoms with E-state index in [2.05, 4.69) is 25.7 Å². The number of hydrogen-bond acceptors (Lipinski definition) is 6. The van der Waals surface area contributed by atoms with Gasteiger partial charge in [0.15, 0.2) is 18.4 Å². The molecule has 3 aliphatic heterocycles. The summed E-state index contributed by atoms with van der Waals surface area (Å²) in [6.07, 6.45) is 12.5. The Balaban J connectivity index is 1.48. The minimum absolute atomic E-state index is 0.0505. The minimum atomic E-state index is -0.610. The molecule has 0 N–H and O–H groups in total. The number of unbranched alkanes of at least 4 members (excludes halogenated alkanes) is 6.